The molecule has 1 saturated heterocycles. The molecular weight excluding hydrogens is 318 g/mol. The fourth-order valence-corrected chi connectivity index (χ4v) is 2.96. The molecule has 2 amide bonds. The fourth-order valence-electron chi connectivity index (χ4n) is 2.96. The van der Waals surface area contributed by atoms with Crippen LogP contribution in [0.4, 0.5) is 0 Å². The number of carbonyl (C=O) groups excluding carboxylic acids is 2. The first-order valence-electron chi connectivity index (χ1n) is 9.99. The average Bonchev–Trinajstić information content (AvgIpc) is 2.64. The van der Waals surface area contributed by atoms with Gasteiger partial charge in [0.2, 0.25) is 11.8 Å². The number of carbonyl (C=O) groups is 2. The van der Waals surface area contributed by atoms with Crippen LogP contribution in [0.15, 0.2) is 0 Å². The zero-order valence-electron chi connectivity index (χ0n) is 16.1. The predicted octanol–water partition coefficient (Wildman–Crippen LogP) is 1.94. The molecule has 0 spiro atoms. The van der Waals surface area contributed by atoms with Crippen molar-refractivity contribution in [2.24, 2.45) is 5.92 Å². The fraction of sp³-hybridized carbons (Fsp3) is 0.895. The minimum absolute atomic E-state index is 0.0154. The molecule has 6 heteroatoms. The Morgan fingerprint density at radius 3 is 2.36 bits per heavy atom. The summed E-state index contributed by atoms with van der Waals surface area (Å²) in [6, 6.07) is 0. The van der Waals surface area contributed by atoms with Crippen molar-refractivity contribution in [2.75, 3.05) is 45.9 Å². The van der Waals surface area contributed by atoms with E-state index in [-0.39, 0.29) is 24.7 Å². The molecule has 0 aromatic carbocycles. The summed E-state index contributed by atoms with van der Waals surface area (Å²) < 4.78 is 5.31. The van der Waals surface area contributed by atoms with E-state index < -0.39 is 0 Å². The molecule has 1 atom stereocenters. The SMILES string of the molecule is CCCCC(CC)CNC(=O)CCC(=O)NCCCN1CCOCC1. The Hall–Kier alpha value is -1.14. The molecule has 0 saturated carbocycles. The zero-order chi connectivity index (χ0) is 18.3. The van der Waals surface area contributed by atoms with E-state index in [9.17, 15) is 9.59 Å². The van der Waals surface area contributed by atoms with Crippen molar-refractivity contribution in [1.82, 2.24) is 15.5 Å². The summed E-state index contributed by atoms with van der Waals surface area (Å²) >= 11 is 0. The molecular formula is C19H37N3O3. The van der Waals surface area contributed by atoms with Crippen molar-refractivity contribution < 1.29 is 14.3 Å². The Morgan fingerprint density at radius 1 is 1.04 bits per heavy atom. The number of ether oxygens (including phenoxy) is 1. The molecule has 1 aliphatic heterocycles. The van der Waals surface area contributed by atoms with E-state index in [2.05, 4.69) is 29.4 Å². The van der Waals surface area contributed by atoms with Gasteiger partial charge in [0.15, 0.2) is 0 Å². The normalized spacial score (nSPS) is 16.4. The molecule has 1 fully saturated rings. The van der Waals surface area contributed by atoms with E-state index in [4.69, 9.17) is 4.74 Å². The Kier molecular flexibility index (Phi) is 12.3. The van der Waals surface area contributed by atoms with Gasteiger partial charge in [-0.3, -0.25) is 14.5 Å². The van der Waals surface area contributed by atoms with Crippen LogP contribution in [0.5, 0.6) is 0 Å². The van der Waals surface area contributed by atoms with Gasteiger partial charge in [-0.05, 0) is 25.3 Å². The van der Waals surface area contributed by atoms with Crippen molar-refractivity contribution in [3.63, 3.8) is 0 Å². The van der Waals surface area contributed by atoms with Gasteiger partial charge < -0.3 is 15.4 Å². The molecule has 0 radical (unpaired) electrons. The van der Waals surface area contributed by atoms with Gasteiger partial charge in [-0.15, -0.1) is 0 Å². The van der Waals surface area contributed by atoms with E-state index in [1.165, 1.54) is 12.8 Å². The standard InChI is InChI=1S/C19H37N3O3/c1-3-5-7-17(4-2)16-21-19(24)9-8-18(23)20-10-6-11-22-12-14-25-15-13-22/h17H,3-16H2,1-2H3,(H,20,23)(H,21,24). The third-order valence-corrected chi connectivity index (χ3v) is 4.79. The number of unbranched alkanes of at least 4 members (excludes halogenated alkanes) is 1. The van der Waals surface area contributed by atoms with Crippen LogP contribution in [0.1, 0.15) is 58.8 Å². The van der Waals surface area contributed by atoms with E-state index in [1.54, 1.807) is 0 Å². The lowest BCUT2D eigenvalue weighted by molar-refractivity contribution is -0.126. The van der Waals surface area contributed by atoms with Gasteiger partial charge in [0.05, 0.1) is 13.2 Å². The molecule has 0 aromatic heterocycles. The monoisotopic (exact) mass is 355 g/mol. The van der Waals surface area contributed by atoms with Crippen molar-refractivity contribution in [3.05, 3.63) is 0 Å². The van der Waals surface area contributed by atoms with Gasteiger partial charge in [-0.2, -0.15) is 0 Å². The first-order valence-corrected chi connectivity index (χ1v) is 9.99. The van der Waals surface area contributed by atoms with Gasteiger partial charge in [-0.1, -0.05) is 33.1 Å². The topological polar surface area (TPSA) is 70.7 Å². The van der Waals surface area contributed by atoms with Gasteiger partial charge in [0.1, 0.15) is 0 Å². The van der Waals surface area contributed by atoms with Crippen LogP contribution in [0.2, 0.25) is 0 Å². The van der Waals surface area contributed by atoms with E-state index in [1.807, 2.05) is 0 Å². The van der Waals surface area contributed by atoms with Crippen LogP contribution < -0.4 is 10.6 Å². The molecule has 25 heavy (non-hydrogen) atoms. The van der Waals surface area contributed by atoms with Gasteiger partial charge in [0, 0.05) is 39.0 Å². The smallest absolute Gasteiger partial charge is 0.220 e. The van der Waals surface area contributed by atoms with Crippen LogP contribution in [0.25, 0.3) is 0 Å². The van der Waals surface area contributed by atoms with Crippen molar-refractivity contribution in [1.29, 1.82) is 0 Å². The second-order valence-electron chi connectivity index (χ2n) is 6.88. The van der Waals surface area contributed by atoms with Crippen LogP contribution in [-0.4, -0.2) is 62.7 Å². The lowest BCUT2D eigenvalue weighted by Crippen LogP contribution is -2.38. The molecule has 0 aliphatic carbocycles. The maximum Gasteiger partial charge on any atom is 0.220 e. The number of hydrogen-bond donors (Lipinski definition) is 2. The van der Waals surface area contributed by atoms with Crippen LogP contribution in [0.3, 0.4) is 0 Å². The van der Waals surface area contributed by atoms with Crippen LogP contribution in [0, 0.1) is 5.92 Å². The van der Waals surface area contributed by atoms with Gasteiger partial charge in [0.25, 0.3) is 0 Å². The predicted molar refractivity (Wildman–Crippen MR) is 100 cm³/mol. The maximum absolute atomic E-state index is 11.9. The average molecular weight is 356 g/mol. The highest BCUT2D eigenvalue weighted by Crippen LogP contribution is 2.11. The molecule has 2 N–H and O–H groups in total. The highest BCUT2D eigenvalue weighted by Gasteiger charge is 2.11. The molecule has 0 bridgehead atoms. The molecule has 6 nitrogen and oxygen atoms in total. The first-order chi connectivity index (χ1) is 12.2. The molecule has 1 heterocycles. The van der Waals surface area contributed by atoms with Gasteiger partial charge in [-0.25, -0.2) is 0 Å². The molecule has 1 aliphatic rings. The highest BCUT2D eigenvalue weighted by atomic mass is 16.5. The summed E-state index contributed by atoms with van der Waals surface area (Å²) in [5.74, 6) is 0.506. The summed E-state index contributed by atoms with van der Waals surface area (Å²) in [6.07, 6.45) is 6.14. The van der Waals surface area contributed by atoms with Crippen molar-refractivity contribution in [3.8, 4) is 0 Å². The number of nitrogens with one attached hydrogen (secondary N) is 2. The second-order valence-corrected chi connectivity index (χ2v) is 6.88. The number of morpholine rings is 1. The van der Waals surface area contributed by atoms with Crippen LogP contribution >= 0.6 is 0 Å². The molecule has 0 aromatic rings. The number of amides is 2. The minimum Gasteiger partial charge on any atom is -0.379 e. The summed E-state index contributed by atoms with van der Waals surface area (Å²) in [5.41, 5.74) is 0. The first kappa shape index (κ1) is 21.9. The summed E-state index contributed by atoms with van der Waals surface area (Å²) in [5, 5.41) is 5.88. The molecule has 146 valence electrons. The Morgan fingerprint density at radius 2 is 1.72 bits per heavy atom. The minimum atomic E-state index is -0.0323. The number of hydrogen-bond acceptors (Lipinski definition) is 4. The Balaban J connectivity index is 2.01. The van der Waals surface area contributed by atoms with E-state index >= 15 is 0 Å². The lowest BCUT2D eigenvalue weighted by Gasteiger charge is -2.26. The van der Waals surface area contributed by atoms with E-state index in [0.717, 1.165) is 58.7 Å². The second kappa shape index (κ2) is 14.1. The third kappa shape index (κ3) is 11.2. The van der Waals surface area contributed by atoms with E-state index in [0.29, 0.717) is 12.5 Å². The van der Waals surface area contributed by atoms with Crippen molar-refractivity contribution >= 4 is 11.8 Å². The zero-order valence-corrected chi connectivity index (χ0v) is 16.1. The number of nitrogens with zero attached hydrogens (tertiary/aromatic N) is 1. The third-order valence-electron chi connectivity index (χ3n) is 4.79. The summed E-state index contributed by atoms with van der Waals surface area (Å²) in [7, 11) is 0. The summed E-state index contributed by atoms with van der Waals surface area (Å²) in [4.78, 5) is 26.0. The summed E-state index contributed by atoms with van der Waals surface area (Å²) in [6.45, 7) is 10.3. The van der Waals surface area contributed by atoms with Gasteiger partial charge >= 0.3 is 0 Å². The number of rotatable bonds is 13. The molecule has 1 unspecified atom stereocenters. The lowest BCUT2D eigenvalue weighted by atomic mass is 9.99. The quantitative estimate of drug-likeness (QED) is 0.495. The Labute approximate surface area is 153 Å². The Bertz CT molecular complexity index is 371. The largest absolute Gasteiger partial charge is 0.379 e. The van der Waals surface area contributed by atoms with Crippen molar-refractivity contribution in [2.45, 2.75) is 58.8 Å². The maximum atomic E-state index is 11.9. The highest BCUT2D eigenvalue weighted by molar-refractivity contribution is 5.83. The molecule has 1 rings (SSSR count). The van der Waals surface area contributed by atoms with Crippen LogP contribution in [-0.2, 0) is 14.3 Å².